The summed E-state index contributed by atoms with van der Waals surface area (Å²) >= 11 is 1.51. The lowest BCUT2D eigenvalue weighted by atomic mass is 10.2. The van der Waals surface area contributed by atoms with Gasteiger partial charge in [0, 0.05) is 10.9 Å². The maximum atomic E-state index is 12.8. The van der Waals surface area contributed by atoms with Crippen LogP contribution in [0.15, 0.2) is 35.2 Å². The van der Waals surface area contributed by atoms with Crippen LogP contribution in [0, 0.1) is 5.82 Å². The van der Waals surface area contributed by atoms with E-state index in [0.29, 0.717) is 0 Å². The van der Waals surface area contributed by atoms with Crippen molar-refractivity contribution in [3.05, 3.63) is 46.7 Å². The number of hydrogen-bond acceptors (Lipinski definition) is 3. The van der Waals surface area contributed by atoms with Gasteiger partial charge in [0.2, 0.25) is 0 Å². The van der Waals surface area contributed by atoms with Crippen molar-refractivity contribution in [1.82, 2.24) is 4.98 Å². The minimum Gasteiger partial charge on any atom is -0.392 e. The minimum atomic E-state index is -0.246. The summed E-state index contributed by atoms with van der Waals surface area (Å²) in [7, 11) is 0. The number of hydrogen-bond donors (Lipinski definition) is 1. The van der Waals surface area contributed by atoms with Crippen molar-refractivity contribution in [1.29, 1.82) is 0 Å². The molecule has 1 aromatic heterocycles. The van der Waals surface area contributed by atoms with Gasteiger partial charge in [-0.3, -0.25) is 0 Å². The van der Waals surface area contributed by atoms with Gasteiger partial charge in [-0.1, -0.05) is 6.92 Å². The van der Waals surface area contributed by atoms with Gasteiger partial charge in [-0.25, -0.2) is 9.37 Å². The highest BCUT2D eigenvalue weighted by Gasteiger charge is 2.04. The number of thiazole rings is 1. The maximum absolute atomic E-state index is 12.8. The summed E-state index contributed by atoms with van der Waals surface area (Å²) in [5.41, 5.74) is 2.69. The molecule has 0 aliphatic rings. The third kappa shape index (κ3) is 3.03. The zero-order valence-electron chi connectivity index (χ0n) is 10.1. The largest absolute Gasteiger partial charge is 0.392 e. The lowest BCUT2D eigenvalue weighted by Crippen LogP contribution is -1.88. The predicted molar refractivity (Wildman–Crippen MR) is 72.9 cm³/mol. The van der Waals surface area contributed by atoms with Gasteiger partial charge in [0.15, 0.2) is 0 Å². The fourth-order valence-corrected chi connectivity index (χ4v) is 2.33. The van der Waals surface area contributed by atoms with Gasteiger partial charge < -0.3 is 5.11 Å². The molecule has 4 heteroatoms. The van der Waals surface area contributed by atoms with E-state index in [4.69, 9.17) is 5.11 Å². The average molecular weight is 263 g/mol. The van der Waals surface area contributed by atoms with Gasteiger partial charge in [-0.2, -0.15) is 0 Å². The summed E-state index contributed by atoms with van der Waals surface area (Å²) in [6, 6.07) is 6.29. The fraction of sp³-hybridized carbons (Fsp3) is 0.214. The monoisotopic (exact) mass is 263 g/mol. The smallest absolute Gasteiger partial charge is 0.124 e. The second-order valence-electron chi connectivity index (χ2n) is 3.90. The van der Waals surface area contributed by atoms with Gasteiger partial charge in [-0.05, 0) is 42.3 Å². The normalized spacial score (nSPS) is 11.8. The SMILES string of the molecule is CCC(=Cc1csc(-c2ccc(F)cc2)n1)CO. The van der Waals surface area contributed by atoms with E-state index in [0.717, 1.165) is 28.3 Å². The van der Waals surface area contributed by atoms with Crippen LogP contribution in [-0.2, 0) is 0 Å². The maximum Gasteiger partial charge on any atom is 0.124 e. The van der Waals surface area contributed by atoms with Crippen molar-refractivity contribution >= 4 is 17.4 Å². The number of aliphatic hydroxyl groups excluding tert-OH is 1. The Labute approximate surface area is 109 Å². The van der Waals surface area contributed by atoms with Crippen molar-refractivity contribution in [2.24, 2.45) is 0 Å². The van der Waals surface area contributed by atoms with E-state index < -0.39 is 0 Å². The molecule has 0 saturated heterocycles. The van der Waals surface area contributed by atoms with Gasteiger partial charge in [0.1, 0.15) is 10.8 Å². The van der Waals surface area contributed by atoms with Crippen LogP contribution >= 0.6 is 11.3 Å². The molecule has 1 N–H and O–H groups in total. The Balaban J connectivity index is 2.25. The number of halogens is 1. The molecule has 94 valence electrons. The van der Waals surface area contributed by atoms with E-state index in [1.807, 2.05) is 18.4 Å². The number of aliphatic hydroxyl groups is 1. The number of nitrogens with zero attached hydrogens (tertiary/aromatic N) is 1. The van der Waals surface area contributed by atoms with E-state index >= 15 is 0 Å². The lowest BCUT2D eigenvalue weighted by Gasteiger charge is -1.97. The molecule has 0 fully saturated rings. The predicted octanol–water partition coefficient (Wildman–Crippen LogP) is 3.73. The van der Waals surface area contributed by atoms with Gasteiger partial charge >= 0.3 is 0 Å². The quantitative estimate of drug-likeness (QED) is 0.911. The summed E-state index contributed by atoms with van der Waals surface area (Å²) in [5.74, 6) is -0.246. The van der Waals surface area contributed by atoms with E-state index in [1.54, 1.807) is 12.1 Å². The van der Waals surface area contributed by atoms with Crippen LogP contribution in [0.25, 0.3) is 16.6 Å². The molecule has 18 heavy (non-hydrogen) atoms. The van der Waals surface area contributed by atoms with Crippen LogP contribution < -0.4 is 0 Å². The molecule has 0 aliphatic heterocycles. The van der Waals surface area contributed by atoms with Crippen LogP contribution in [0.4, 0.5) is 4.39 Å². The molecule has 0 aliphatic carbocycles. The highest BCUT2D eigenvalue weighted by atomic mass is 32.1. The zero-order chi connectivity index (χ0) is 13.0. The molecule has 2 aromatic rings. The van der Waals surface area contributed by atoms with E-state index in [1.165, 1.54) is 23.5 Å². The topological polar surface area (TPSA) is 33.1 Å². The first-order chi connectivity index (χ1) is 8.72. The van der Waals surface area contributed by atoms with Crippen molar-refractivity contribution in [3.8, 4) is 10.6 Å². The molecule has 0 amide bonds. The molecule has 0 saturated carbocycles. The third-order valence-electron chi connectivity index (χ3n) is 2.62. The summed E-state index contributed by atoms with van der Waals surface area (Å²) in [4.78, 5) is 4.45. The molecule has 0 radical (unpaired) electrons. The minimum absolute atomic E-state index is 0.0555. The van der Waals surface area contributed by atoms with Crippen LogP contribution in [0.3, 0.4) is 0 Å². The van der Waals surface area contributed by atoms with Crippen LogP contribution in [0.2, 0.25) is 0 Å². The first kappa shape index (κ1) is 12.9. The Morgan fingerprint density at radius 2 is 2.11 bits per heavy atom. The molecule has 0 unspecified atom stereocenters. The zero-order valence-corrected chi connectivity index (χ0v) is 10.9. The standard InChI is InChI=1S/C14H14FNOS/c1-2-10(8-17)7-13-9-18-14(16-13)11-3-5-12(15)6-4-11/h3-7,9,17H,2,8H2,1H3. The Morgan fingerprint density at radius 3 is 2.72 bits per heavy atom. The molecule has 1 heterocycles. The number of rotatable bonds is 4. The fourth-order valence-electron chi connectivity index (χ4n) is 1.55. The van der Waals surface area contributed by atoms with Gasteiger partial charge in [-0.15, -0.1) is 11.3 Å². The molecular formula is C14H14FNOS. The molecule has 0 bridgehead atoms. The van der Waals surface area contributed by atoms with Gasteiger partial charge in [0.05, 0.1) is 12.3 Å². The summed E-state index contributed by atoms with van der Waals surface area (Å²) in [5, 5.41) is 11.9. The first-order valence-electron chi connectivity index (χ1n) is 5.74. The lowest BCUT2D eigenvalue weighted by molar-refractivity contribution is 0.329. The number of benzene rings is 1. The van der Waals surface area contributed by atoms with Crippen LogP contribution in [-0.4, -0.2) is 16.7 Å². The van der Waals surface area contributed by atoms with Crippen molar-refractivity contribution < 1.29 is 9.50 Å². The molecule has 2 rings (SSSR count). The Hall–Kier alpha value is -1.52. The highest BCUT2D eigenvalue weighted by Crippen LogP contribution is 2.25. The first-order valence-corrected chi connectivity index (χ1v) is 6.62. The van der Waals surface area contributed by atoms with E-state index in [-0.39, 0.29) is 12.4 Å². The van der Waals surface area contributed by atoms with Crippen molar-refractivity contribution in [3.63, 3.8) is 0 Å². The Morgan fingerprint density at radius 1 is 1.39 bits per heavy atom. The number of aromatic nitrogens is 1. The molecule has 1 aromatic carbocycles. The molecule has 2 nitrogen and oxygen atoms in total. The van der Waals surface area contributed by atoms with Crippen molar-refractivity contribution in [2.45, 2.75) is 13.3 Å². The van der Waals surface area contributed by atoms with E-state index in [9.17, 15) is 4.39 Å². The summed E-state index contributed by atoms with van der Waals surface area (Å²) in [6.45, 7) is 2.05. The Kier molecular flexibility index (Phi) is 4.23. The average Bonchev–Trinajstić information content (AvgIpc) is 2.85. The Bertz CT molecular complexity index is 539. The van der Waals surface area contributed by atoms with Crippen molar-refractivity contribution in [2.75, 3.05) is 6.61 Å². The van der Waals surface area contributed by atoms with Crippen LogP contribution in [0.5, 0.6) is 0 Å². The van der Waals surface area contributed by atoms with Gasteiger partial charge in [0.25, 0.3) is 0 Å². The molecular weight excluding hydrogens is 249 g/mol. The van der Waals surface area contributed by atoms with Crippen LogP contribution in [0.1, 0.15) is 19.0 Å². The summed E-state index contributed by atoms with van der Waals surface area (Å²) in [6.07, 6.45) is 2.70. The highest BCUT2D eigenvalue weighted by molar-refractivity contribution is 7.13. The second-order valence-corrected chi connectivity index (χ2v) is 4.76. The summed E-state index contributed by atoms with van der Waals surface area (Å²) < 4.78 is 12.8. The second kappa shape index (κ2) is 5.89. The molecule has 0 atom stereocenters. The van der Waals surface area contributed by atoms with E-state index in [2.05, 4.69) is 4.98 Å². The molecule has 0 spiro atoms. The third-order valence-corrected chi connectivity index (χ3v) is 3.53.